The van der Waals surface area contributed by atoms with Gasteiger partial charge in [0, 0.05) is 20.8 Å². The number of carbonyl (C=O) groups excluding carboxylic acids is 3. The zero-order chi connectivity index (χ0) is 33.8. The van der Waals surface area contributed by atoms with E-state index in [1.165, 1.54) is 31.7 Å². The van der Waals surface area contributed by atoms with Crippen molar-refractivity contribution in [2.24, 2.45) is 0 Å². The second kappa shape index (κ2) is 13.5. The Morgan fingerprint density at radius 1 is 0.812 bits per heavy atom. The average Bonchev–Trinajstić information content (AvgIpc) is 3.64. The summed E-state index contributed by atoms with van der Waals surface area (Å²) < 4.78 is 23.9. The van der Waals surface area contributed by atoms with Gasteiger partial charge in [-0.1, -0.05) is 91.0 Å². The number of aromatic nitrogens is 4. The van der Waals surface area contributed by atoms with Crippen LogP contribution in [0.2, 0.25) is 0 Å². The van der Waals surface area contributed by atoms with Crippen LogP contribution >= 0.6 is 0 Å². The Kier molecular flexibility index (Phi) is 9.04. The van der Waals surface area contributed by atoms with Gasteiger partial charge in [0.25, 0.3) is 5.56 Å². The molecule has 5 aromatic rings. The molecule has 6 rings (SSSR count). The number of hydrogen-bond acceptors (Lipinski definition) is 11. The molecule has 0 amide bonds. The minimum Gasteiger partial charge on any atom is -0.463 e. The number of nitrogens with one attached hydrogen (secondary N) is 2. The topological polar surface area (TPSA) is 164 Å². The van der Waals surface area contributed by atoms with E-state index >= 15 is 0 Å². The molecular weight excluding hydrogens is 618 g/mol. The van der Waals surface area contributed by atoms with Crippen LogP contribution in [0.15, 0.2) is 102 Å². The van der Waals surface area contributed by atoms with E-state index < -0.39 is 53.5 Å². The van der Waals surface area contributed by atoms with Crippen LogP contribution in [0.1, 0.15) is 43.7 Å². The molecule has 13 nitrogen and oxygen atoms in total. The number of ether oxygens (including phenoxy) is 4. The Hall–Kier alpha value is -5.82. The van der Waals surface area contributed by atoms with E-state index in [2.05, 4.69) is 15.3 Å². The maximum Gasteiger partial charge on any atom is 0.303 e. The fourth-order valence-electron chi connectivity index (χ4n) is 6.05. The van der Waals surface area contributed by atoms with E-state index in [4.69, 9.17) is 23.9 Å². The molecule has 1 aliphatic rings. The summed E-state index contributed by atoms with van der Waals surface area (Å²) in [6, 6.07) is 29.3. The lowest BCUT2D eigenvalue weighted by Gasteiger charge is -2.37. The minimum absolute atomic E-state index is 0.0112. The fraction of sp³-hybridized carbons (Fsp3) is 0.257. The van der Waals surface area contributed by atoms with Gasteiger partial charge in [-0.3, -0.25) is 28.7 Å². The molecule has 0 unspecified atom stereocenters. The Labute approximate surface area is 274 Å². The smallest absolute Gasteiger partial charge is 0.303 e. The van der Waals surface area contributed by atoms with Gasteiger partial charge in [-0.05, 0) is 16.7 Å². The van der Waals surface area contributed by atoms with Crippen LogP contribution in [0.3, 0.4) is 0 Å². The van der Waals surface area contributed by atoms with Crippen LogP contribution in [0, 0.1) is 0 Å². The molecule has 1 aliphatic heterocycles. The van der Waals surface area contributed by atoms with Crippen molar-refractivity contribution >= 4 is 35.0 Å². The summed E-state index contributed by atoms with van der Waals surface area (Å²) in [5, 5.41) is 3.54. The number of H-pyrrole nitrogens is 1. The highest BCUT2D eigenvalue weighted by Gasteiger charge is 2.51. The maximum absolute atomic E-state index is 13.6. The first-order valence-electron chi connectivity index (χ1n) is 15.2. The first kappa shape index (κ1) is 32.1. The molecule has 2 N–H and O–H groups in total. The predicted octanol–water partition coefficient (Wildman–Crippen LogP) is 3.85. The van der Waals surface area contributed by atoms with Gasteiger partial charge in [0.05, 0.1) is 6.33 Å². The van der Waals surface area contributed by atoms with Crippen LogP contribution in [0.25, 0.3) is 11.2 Å². The third-order valence-corrected chi connectivity index (χ3v) is 7.97. The predicted molar refractivity (Wildman–Crippen MR) is 173 cm³/mol. The maximum atomic E-state index is 13.6. The van der Waals surface area contributed by atoms with Crippen molar-refractivity contribution in [2.45, 2.75) is 50.8 Å². The Morgan fingerprint density at radius 3 is 1.83 bits per heavy atom. The number of nitrogens with zero attached hydrogens (tertiary/aromatic N) is 3. The van der Waals surface area contributed by atoms with E-state index in [9.17, 15) is 19.2 Å². The van der Waals surface area contributed by atoms with Gasteiger partial charge in [-0.25, -0.2) is 4.98 Å². The minimum atomic E-state index is -1.20. The lowest BCUT2D eigenvalue weighted by atomic mass is 9.77. The zero-order valence-corrected chi connectivity index (χ0v) is 26.4. The summed E-state index contributed by atoms with van der Waals surface area (Å²) in [4.78, 5) is 61.5. The van der Waals surface area contributed by atoms with Gasteiger partial charge in [0.1, 0.15) is 18.2 Å². The molecule has 1 fully saturated rings. The molecule has 3 aromatic carbocycles. The average molecular weight is 652 g/mol. The summed E-state index contributed by atoms with van der Waals surface area (Å²) in [6.07, 6.45) is -3.18. The Balaban J connectivity index is 1.49. The van der Waals surface area contributed by atoms with Crippen LogP contribution in [-0.4, -0.2) is 62.3 Å². The number of hydrogen-bond donors (Lipinski definition) is 2. The number of benzene rings is 3. The summed E-state index contributed by atoms with van der Waals surface area (Å²) >= 11 is 0. The van der Waals surface area contributed by atoms with Gasteiger partial charge in [0.15, 0.2) is 29.6 Å². The highest BCUT2D eigenvalue weighted by Crippen LogP contribution is 2.40. The van der Waals surface area contributed by atoms with Crippen molar-refractivity contribution in [3.8, 4) is 0 Å². The molecule has 2 aromatic heterocycles. The molecule has 4 atom stereocenters. The summed E-state index contributed by atoms with van der Waals surface area (Å²) in [6.45, 7) is 3.34. The van der Waals surface area contributed by atoms with Crippen molar-refractivity contribution < 1.29 is 33.3 Å². The third kappa shape index (κ3) is 6.27. The van der Waals surface area contributed by atoms with E-state index in [0.29, 0.717) is 0 Å². The van der Waals surface area contributed by atoms with Gasteiger partial charge >= 0.3 is 17.9 Å². The highest BCUT2D eigenvalue weighted by atomic mass is 16.7. The van der Waals surface area contributed by atoms with Gasteiger partial charge in [-0.15, -0.1) is 0 Å². The first-order valence-corrected chi connectivity index (χ1v) is 15.2. The Morgan fingerprint density at radius 2 is 1.33 bits per heavy atom. The number of anilines is 1. The third-order valence-electron chi connectivity index (χ3n) is 7.97. The number of fused-ring (bicyclic) bond motifs is 1. The number of aromatic amines is 1. The fourth-order valence-corrected chi connectivity index (χ4v) is 6.05. The number of rotatable bonds is 10. The second-order valence-electron chi connectivity index (χ2n) is 11.2. The van der Waals surface area contributed by atoms with Crippen molar-refractivity contribution in [3.63, 3.8) is 0 Å². The number of esters is 3. The van der Waals surface area contributed by atoms with E-state index in [1.807, 2.05) is 91.0 Å². The molecule has 0 radical (unpaired) electrons. The van der Waals surface area contributed by atoms with Crippen LogP contribution < -0.4 is 10.9 Å². The molecule has 48 heavy (non-hydrogen) atoms. The molecule has 0 saturated carbocycles. The molecule has 1 saturated heterocycles. The van der Waals surface area contributed by atoms with Crippen molar-refractivity contribution in [2.75, 3.05) is 11.9 Å². The number of imidazole rings is 1. The van der Waals surface area contributed by atoms with Crippen molar-refractivity contribution in [1.82, 2.24) is 19.5 Å². The standard InChI is InChI=1S/C35H33N5O8/c1-21(41)45-19-27-29(46-22(2)42)30(47-23(3)43)33(48-27)40-20-36-28-31(40)37-34(38-32(28)44)39-35(24-13-7-4-8-14-24,25-15-9-5-10-16-25)26-17-11-6-12-18-26/h4-18,20,27,29-30,33H,19H2,1-3H3,(H2,37,38,39,44)/t27-,29-,30-,33-/m1/s1. The highest BCUT2D eigenvalue weighted by molar-refractivity contribution is 5.72. The second-order valence-corrected chi connectivity index (χ2v) is 11.2. The first-order chi connectivity index (χ1) is 23.2. The molecule has 0 spiro atoms. The summed E-state index contributed by atoms with van der Waals surface area (Å²) in [5.41, 5.74) is 1.17. The molecule has 13 heteroatoms. The Bertz CT molecular complexity index is 1880. The lowest BCUT2D eigenvalue weighted by molar-refractivity contribution is -0.166. The van der Waals surface area contributed by atoms with E-state index in [0.717, 1.165) is 16.7 Å². The normalized spacial score (nSPS) is 19.1. The zero-order valence-electron chi connectivity index (χ0n) is 26.4. The van der Waals surface area contributed by atoms with Gasteiger partial charge in [-0.2, -0.15) is 4.98 Å². The molecule has 0 aliphatic carbocycles. The van der Waals surface area contributed by atoms with Gasteiger partial charge in [0.2, 0.25) is 5.95 Å². The largest absolute Gasteiger partial charge is 0.463 e. The van der Waals surface area contributed by atoms with E-state index in [1.54, 1.807) is 0 Å². The van der Waals surface area contributed by atoms with Crippen molar-refractivity contribution in [1.29, 1.82) is 0 Å². The molecule has 0 bridgehead atoms. The van der Waals surface area contributed by atoms with Crippen LogP contribution in [-0.2, 0) is 38.9 Å². The van der Waals surface area contributed by atoms with Gasteiger partial charge < -0.3 is 24.3 Å². The SMILES string of the molecule is CC(=O)OC[C@H]1O[C@@H](n2cnc3c(=O)[nH]c(NC(c4ccccc4)(c4ccccc4)c4ccccc4)nc32)[C@H](OC(C)=O)[C@@H]1OC(C)=O. The molecule has 246 valence electrons. The molecular formula is C35H33N5O8. The van der Waals surface area contributed by atoms with Crippen molar-refractivity contribution in [3.05, 3.63) is 124 Å². The summed E-state index contributed by atoms with van der Waals surface area (Å²) in [5.74, 6) is -1.80. The van der Waals surface area contributed by atoms with E-state index in [-0.39, 0.29) is 23.7 Å². The molecule has 3 heterocycles. The quantitative estimate of drug-likeness (QED) is 0.128. The number of carbonyl (C=O) groups is 3. The van der Waals surface area contributed by atoms with Crippen LogP contribution in [0.5, 0.6) is 0 Å². The van der Waals surface area contributed by atoms with Crippen LogP contribution in [0.4, 0.5) is 5.95 Å². The lowest BCUT2D eigenvalue weighted by Crippen LogP contribution is -2.40. The summed E-state index contributed by atoms with van der Waals surface area (Å²) in [7, 11) is 0. The monoisotopic (exact) mass is 651 g/mol.